The van der Waals surface area contributed by atoms with Gasteiger partial charge in [-0.1, -0.05) is 0 Å². The van der Waals surface area contributed by atoms with Gasteiger partial charge in [-0.3, -0.25) is 4.79 Å². The minimum atomic E-state index is -0.0649. The summed E-state index contributed by atoms with van der Waals surface area (Å²) in [6, 6.07) is 0.411. The van der Waals surface area contributed by atoms with Crippen molar-refractivity contribution in [3.05, 3.63) is 0 Å². The second-order valence-electron chi connectivity index (χ2n) is 4.77. The van der Waals surface area contributed by atoms with Gasteiger partial charge in [-0.05, 0) is 12.8 Å². The van der Waals surface area contributed by atoms with Gasteiger partial charge in [0.2, 0.25) is 0 Å². The Balaban J connectivity index is 1.72. The molecule has 3 rings (SSSR count). The lowest BCUT2D eigenvalue weighted by Gasteiger charge is -2.31. The second-order valence-corrected chi connectivity index (χ2v) is 5.09. The molecule has 0 aromatic heterocycles. The standard InChI is InChI=1S/C10H15NO3S/c12-9-3-10(4-13-9)2-7-6(11-5-15)1-8(10)14-7/h6-8,11,15H,1-5H2. The van der Waals surface area contributed by atoms with Gasteiger partial charge in [0.15, 0.2) is 0 Å². The Morgan fingerprint density at radius 1 is 1.60 bits per heavy atom. The topological polar surface area (TPSA) is 47.6 Å². The zero-order chi connectivity index (χ0) is 10.5. The number of hydrogen-bond acceptors (Lipinski definition) is 5. The molecule has 0 aliphatic carbocycles. The van der Waals surface area contributed by atoms with Crippen molar-refractivity contribution in [1.29, 1.82) is 0 Å². The minimum absolute atomic E-state index is 0.00344. The maximum atomic E-state index is 11.2. The van der Waals surface area contributed by atoms with E-state index in [1.54, 1.807) is 0 Å². The van der Waals surface area contributed by atoms with E-state index in [9.17, 15) is 4.79 Å². The highest BCUT2D eigenvalue weighted by Gasteiger charge is 2.59. The van der Waals surface area contributed by atoms with E-state index in [2.05, 4.69) is 17.9 Å². The van der Waals surface area contributed by atoms with Crippen LogP contribution in [0, 0.1) is 5.41 Å². The van der Waals surface area contributed by atoms with Crippen LogP contribution in [0.2, 0.25) is 0 Å². The summed E-state index contributed by atoms with van der Waals surface area (Å²) in [5.41, 5.74) is -0.00344. The van der Waals surface area contributed by atoms with Crippen LogP contribution < -0.4 is 5.32 Å². The molecule has 3 heterocycles. The van der Waals surface area contributed by atoms with Crippen LogP contribution >= 0.6 is 12.6 Å². The molecule has 2 bridgehead atoms. The smallest absolute Gasteiger partial charge is 0.306 e. The van der Waals surface area contributed by atoms with E-state index < -0.39 is 0 Å². The highest BCUT2D eigenvalue weighted by Crippen LogP contribution is 2.52. The van der Waals surface area contributed by atoms with Crippen LogP contribution in [0.5, 0.6) is 0 Å². The molecule has 4 atom stereocenters. The van der Waals surface area contributed by atoms with E-state index in [-0.39, 0.29) is 23.6 Å². The highest BCUT2D eigenvalue weighted by atomic mass is 32.1. The molecule has 3 fully saturated rings. The van der Waals surface area contributed by atoms with Gasteiger partial charge in [0.1, 0.15) is 6.61 Å². The Morgan fingerprint density at radius 2 is 2.47 bits per heavy atom. The Kier molecular flexibility index (Phi) is 2.23. The SMILES string of the molecule is O=C1CC2(CO1)CC1OC2CC1NCS. The molecule has 0 radical (unpaired) electrons. The summed E-state index contributed by atoms with van der Waals surface area (Å²) in [7, 11) is 0. The summed E-state index contributed by atoms with van der Waals surface area (Å²) in [5, 5.41) is 3.31. The van der Waals surface area contributed by atoms with Gasteiger partial charge >= 0.3 is 5.97 Å². The molecule has 0 aromatic rings. The van der Waals surface area contributed by atoms with Gasteiger partial charge in [0.05, 0.1) is 18.6 Å². The molecule has 3 aliphatic rings. The molecule has 4 nitrogen and oxygen atoms in total. The number of rotatable bonds is 2. The summed E-state index contributed by atoms with van der Waals surface area (Å²) in [4.78, 5) is 11.2. The number of cyclic esters (lactones) is 1. The fourth-order valence-electron chi connectivity index (χ4n) is 3.14. The zero-order valence-corrected chi connectivity index (χ0v) is 9.33. The lowest BCUT2D eigenvalue weighted by Crippen LogP contribution is -2.43. The Hall–Kier alpha value is -0.260. The summed E-state index contributed by atoms with van der Waals surface area (Å²) in [6.45, 7) is 0.556. The van der Waals surface area contributed by atoms with E-state index in [0.717, 1.165) is 12.8 Å². The number of carbonyl (C=O) groups is 1. The number of nitrogens with one attached hydrogen (secondary N) is 1. The molecule has 4 unspecified atom stereocenters. The van der Waals surface area contributed by atoms with E-state index in [4.69, 9.17) is 9.47 Å². The van der Waals surface area contributed by atoms with E-state index in [1.807, 2.05) is 0 Å². The van der Waals surface area contributed by atoms with Crippen LogP contribution in [0.4, 0.5) is 0 Å². The zero-order valence-electron chi connectivity index (χ0n) is 8.44. The van der Waals surface area contributed by atoms with Crippen molar-refractivity contribution in [2.45, 2.75) is 37.5 Å². The molecule has 0 aromatic carbocycles. The third-order valence-electron chi connectivity index (χ3n) is 3.92. The van der Waals surface area contributed by atoms with Gasteiger partial charge in [-0.15, -0.1) is 0 Å². The summed E-state index contributed by atoms with van der Waals surface area (Å²) < 4.78 is 11.0. The van der Waals surface area contributed by atoms with Crippen molar-refractivity contribution >= 4 is 18.6 Å². The lowest BCUT2D eigenvalue weighted by molar-refractivity contribution is -0.137. The largest absolute Gasteiger partial charge is 0.465 e. The minimum Gasteiger partial charge on any atom is -0.465 e. The predicted molar refractivity (Wildman–Crippen MR) is 56.7 cm³/mol. The fourth-order valence-corrected chi connectivity index (χ4v) is 3.38. The molecule has 3 saturated heterocycles. The molecule has 5 heteroatoms. The molecule has 0 amide bonds. The summed E-state index contributed by atoms with van der Waals surface area (Å²) in [6.07, 6.45) is 2.93. The predicted octanol–water partition coefficient (Wildman–Crippen LogP) is 0.326. The van der Waals surface area contributed by atoms with Crippen molar-refractivity contribution in [3.63, 3.8) is 0 Å². The molecule has 1 spiro atoms. The normalized spacial score (nSPS) is 47.8. The first kappa shape index (κ1) is 9.93. The van der Waals surface area contributed by atoms with Crippen molar-refractivity contribution in [2.24, 2.45) is 5.41 Å². The monoisotopic (exact) mass is 229 g/mol. The first-order chi connectivity index (χ1) is 7.23. The van der Waals surface area contributed by atoms with Gasteiger partial charge in [0, 0.05) is 17.3 Å². The number of carbonyl (C=O) groups excluding carboxylic acids is 1. The molecule has 15 heavy (non-hydrogen) atoms. The van der Waals surface area contributed by atoms with Gasteiger partial charge < -0.3 is 14.8 Å². The molecule has 0 saturated carbocycles. The van der Waals surface area contributed by atoms with Gasteiger partial charge in [-0.2, -0.15) is 12.6 Å². The molecule has 84 valence electrons. The Morgan fingerprint density at radius 3 is 3.00 bits per heavy atom. The molecule has 3 aliphatic heterocycles. The van der Waals surface area contributed by atoms with Crippen molar-refractivity contribution in [2.75, 3.05) is 12.5 Å². The number of ether oxygens (including phenoxy) is 2. The van der Waals surface area contributed by atoms with Crippen LogP contribution in [-0.4, -0.2) is 36.7 Å². The fraction of sp³-hybridized carbons (Fsp3) is 0.900. The number of fused-ring (bicyclic) bond motifs is 3. The molecular formula is C10H15NO3S. The van der Waals surface area contributed by atoms with Crippen molar-refractivity contribution < 1.29 is 14.3 Å². The van der Waals surface area contributed by atoms with Crippen LogP contribution in [0.15, 0.2) is 0 Å². The van der Waals surface area contributed by atoms with Crippen LogP contribution in [-0.2, 0) is 14.3 Å². The van der Waals surface area contributed by atoms with E-state index >= 15 is 0 Å². The lowest BCUT2D eigenvalue weighted by atomic mass is 9.72. The third-order valence-corrected chi connectivity index (χ3v) is 4.10. The third kappa shape index (κ3) is 1.40. The maximum absolute atomic E-state index is 11.2. The van der Waals surface area contributed by atoms with Crippen LogP contribution in [0.1, 0.15) is 19.3 Å². The average molecular weight is 229 g/mol. The van der Waals surface area contributed by atoms with Gasteiger partial charge in [0.25, 0.3) is 0 Å². The Labute approximate surface area is 94.1 Å². The number of hydrogen-bond donors (Lipinski definition) is 2. The number of esters is 1. The second kappa shape index (κ2) is 3.37. The Bertz CT molecular complexity index is 298. The molecular weight excluding hydrogens is 214 g/mol. The van der Waals surface area contributed by atoms with Crippen LogP contribution in [0.3, 0.4) is 0 Å². The van der Waals surface area contributed by atoms with Gasteiger partial charge in [-0.25, -0.2) is 0 Å². The molecule has 1 N–H and O–H groups in total. The average Bonchev–Trinajstić information content (AvgIpc) is 2.83. The first-order valence-electron chi connectivity index (χ1n) is 5.39. The van der Waals surface area contributed by atoms with E-state index in [0.29, 0.717) is 24.9 Å². The first-order valence-corrected chi connectivity index (χ1v) is 6.02. The van der Waals surface area contributed by atoms with Crippen molar-refractivity contribution in [3.8, 4) is 0 Å². The van der Waals surface area contributed by atoms with Crippen LogP contribution in [0.25, 0.3) is 0 Å². The highest BCUT2D eigenvalue weighted by molar-refractivity contribution is 7.80. The van der Waals surface area contributed by atoms with E-state index in [1.165, 1.54) is 0 Å². The maximum Gasteiger partial charge on any atom is 0.306 e. The number of thiol groups is 1. The summed E-state index contributed by atoms with van der Waals surface area (Å²) in [5.74, 6) is 0.615. The quantitative estimate of drug-likeness (QED) is 0.407. The summed E-state index contributed by atoms with van der Waals surface area (Å²) >= 11 is 4.16. The van der Waals surface area contributed by atoms with Crippen molar-refractivity contribution in [1.82, 2.24) is 5.32 Å².